The summed E-state index contributed by atoms with van der Waals surface area (Å²) in [6.45, 7) is 10.5. The molecular formula is C24H37N3O2. The Bertz CT molecular complexity index is 768. The van der Waals surface area contributed by atoms with Gasteiger partial charge in [-0.25, -0.2) is 0 Å². The van der Waals surface area contributed by atoms with Crippen molar-refractivity contribution in [3.63, 3.8) is 0 Å². The molecule has 160 valence electrons. The first-order valence-electron chi connectivity index (χ1n) is 10.1. The van der Waals surface area contributed by atoms with E-state index in [1.165, 1.54) is 7.11 Å². The summed E-state index contributed by atoms with van der Waals surface area (Å²) in [6, 6.07) is 16.0. The Morgan fingerprint density at radius 2 is 1.52 bits per heavy atom. The average Bonchev–Trinajstić information content (AvgIpc) is 2.76. The smallest absolute Gasteiger partial charge is 0.153 e. The second-order valence-corrected chi connectivity index (χ2v) is 5.78. The molecule has 2 aromatic carbocycles. The van der Waals surface area contributed by atoms with Crippen LogP contribution in [0.25, 0.3) is 0 Å². The van der Waals surface area contributed by atoms with Gasteiger partial charge in [0.2, 0.25) is 0 Å². The number of hydrogen-bond acceptors (Lipinski definition) is 4. The molecule has 0 bridgehead atoms. The van der Waals surface area contributed by atoms with Gasteiger partial charge in [0.25, 0.3) is 0 Å². The summed E-state index contributed by atoms with van der Waals surface area (Å²) in [5.74, 6) is 1.62. The minimum Gasteiger partial charge on any atom is -0.489 e. The highest BCUT2D eigenvalue weighted by Gasteiger charge is 2.18. The van der Waals surface area contributed by atoms with Crippen molar-refractivity contribution < 1.29 is 9.57 Å². The Balaban J connectivity index is 0.00000184. The van der Waals surface area contributed by atoms with Crippen molar-refractivity contribution in [3.05, 3.63) is 65.2 Å². The lowest BCUT2D eigenvalue weighted by Crippen LogP contribution is -2.32. The van der Waals surface area contributed by atoms with Gasteiger partial charge in [-0.05, 0) is 24.1 Å². The molecule has 0 fully saturated rings. The van der Waals surface area contributed by atoms with Crippen molar-refractivity contribution in [1.82, 2.24) is 4.90 Å². The molecule has 0 unspecified atom stereocenters. The fraction of sp³-hybridized carbons (Fsp3) is 0.417. The predicted molar refractivity (Wildman–Crippen MR) is 125 cm³/mol. The van der Waals surface area contributed by atoms with Gasteiger partial charge in [-0.3, -0.25) is 4.99 Å². The normalized spacial score (nSPS) is 10.8. The van der Waals surface area contributed by atoms with Crippen LogP contribution >= 0.6 is 0 Å². The highest BCUT2D eigenvalue weighted by atomic mass is 16.6. The molecule has 0 N–H and O–H groups in total. The first-order chi connectivity index (χ1) is 14.1. The zero-order valence-electron chi connectivity index (χ0n) is 19.5. The minimum atomic E-state index is 0.439. The maximum absolute atomic E-state index is 6.02. The summed E-state index contributed by atoms with van der Waals surface area (Å²) in [5, 5.41) is 4.21. The van der Waals surface area contributed by atoms with E-state index in [1.54, 1.807) is 7.05 Å². The number of aryl methyl sites for hydroxylation is 1. The number of benzene rings is 2. The van der Waals surface area contributed by atoms with Crippen LogP contribution < -0.4 is 4.74 Å². The summed E-state index contributed by atoms with van der Waals surface area (Å²) in [5.41, 5.74) is 3.74. The fourth-order valence-corrected chi connectivity index (χ4v) is 2.57. The van der Waals surface area contributed by atoms with Crippen molar-refractivity contribution in [2.24, 2.45) is 10.1 Å². The summed E-state index contributed by atoms with van der Waals surface area (Å²) >= 11 is 0. The van der Waals surface area contributed by atoms with E-state index in [9.17, 15) is 0 Å². The lowest BCUT2D eigenvalue weighted by molar-refractivity contribution is 0.214. The molecule has 0 aliphatic carbocycles. The average molecular weight is 400 g/mol. The van der Waals surface area contributed by atoms with Gasteiger partial charge in [0, 0.05) is 26.7 Å². The molecule has 0 aromatic heterocycles. The topological polar surface area (TPSA) is 46.4 Å². The lowest BCUT2D eigenvalue weighted by atomic mass is 10.0. The molecule has 0 radical (unpaired) electrons. The molecule has 5 heteroatoms. The van der Waals surface area contributed by atoms with Crippen LogP contribution in [0.5, 0.6) is 5.75 Å². The Hall–Kier alpha value is -2.82. The third kappa shape index (κ3) is 7.98. The van der Waals surface area contributed by atoms with Crippen LogP contribution in [-0.2, 0) is 11.4 Å². The highest BCUT2D eigenvalue weighted by molar-refractivity contribution is 6.47. The zero-order chi connectivity index (χ0) is 22.2. The first kappa shape index (κ1) is 26.2. The Morgan fingerprint density at radius 1 is 0.931 bits per heavy atom. The third-order valence-corrected chi connectivity index (χ3v) is 3.78. The molecule has 0 aliphatic rings. The van der Waals surface area contributed by atoms with Gasteiger partial charge in [0.15, 0.2) is 11.5 Å². The molecule has 0 aliphatic heterocycles. The van der Waals surface area contributed by atoms with E-state index in [4.69, 9.17) is 9.57 Å². The van der Waals surface area contributed by atoms with Crippen molar-refractivity contribution in [2.45, 2.75) is 41.2 Å². The molecular weight excluding hydrogens is 362 g/mol. The van der Waals surface area contributed by atoms with Crippen LogP contribution in [0.4, 0.5) is 0 Å². The van der Waals surface area contributed by atoms with Crippen molar-refractivity contribution in [2.75, 3.05) is 28.3 Å². The number of hydrogen-bond donors (Lipinski definition) is 0. The maximum atomic E-state index is 6.02. The molecule has 0 saturated heterocycles. The number of ether oxygens (including phenoxy) is 1. The molecule has 29 heavy (non-hydrogen) atoms. The van der Waals surface area contributed by atoms with Gasteiger partial charge < -0.3 is 14.5 Å². The molecule has 0 saturated carbocycles. The highest BCUT2D eigenvalue weighted by Crippen LogP contribution is 2.20. The lowest BCUT2D eigenvalue weighted by Gasteiger charge is -2.19. The van der Waals surface area contributed by atoms with Gasteiger partial charge in [0.1, 0.15) is 19.5 Å². The number of nitrogens with zero attached hydrogens (tertiary/aromatic N) is 3. The number of oxime groups is 1. The number of amidine groups is 1. The Morgan fingerprint density at radius 3 is 2.07 bits per heavy atom. The van der Waals surface area contributed by atoms with Crippen molar-refractivity contribution in [1.29, 1.82) is 0 Å². The van der Waals surface area contributed by atoms with E-state index >= 15 is 0 Å². The summed E-state index contributed by atoms with van der Waals surface area (Å²) in [6.07, 6.45) is 0. The summed E-state index contributed by atoms with van der Waals surface area (Å²) in [4.78, 5) is 11.3. The maximum Gasteiger partial charge on any atom is 0.153 e. The standard InChI is InChI=1S/C20H25N3O2.2C2H6/c1-15-10-6-9-13-18(15)25-14-16-11-7-8-12-17(16)19(22-24-5)20(21-2)23(3)4;2*1-2/h6-13H,14H2,1-5H3;2*1-2H3/b21-20?,22-19-;;. The van der Waals surface area contributed by atoms with Crippen molar-refractivity contribution >= 4 is 11.5 Å². The molecule has 0 heterocycles. The van der Waals surface area contributed by atoms with Crippen LogP contribution in [0.2, 0.25) is 0 Å². The van der Waals surface area contributed by atoms with E-state index in [1.807, 2.05) is 102 Å². The van der Waals surface area contributed by atoms with Gasteiger partial charge in [0.05, 0.1) is 0 Å². The third-order valence-electron chi connectivity index (χ3n) is 3.78. The van der Waals surface area contributed by atoms with Gasteiger partial charge >= 0.3 is 0 Å². The van der Waals surface area contributed by atoms with Gasteiger partial charge in [-0.1, -0.05) is 75.3 Å². The molecule has 0 spiro atoms. The fourth-order valence-electron chi connectivity index (χ4n) is 2.57. The molecule has 2 rings (SSSR count). The van der Waals surface area contributed by atoms with Gasteiger partial charge in [-0.2, -0.15) is 0 Å². The monoisotopic (exact) mass is 399 g/mol. The zero-order valence-corrected chi connectivity index (χ0v) is 19.5. The summed E-state index contributed by atoms with van der Waals surface area (Å²) < 4.78 is 6.02. The largest absolute Gasteiger partial charge is 0.489 e. The number of likely N-dealkylation sites (N-methyl/N-ethyl adjacent to an activating group) is 1. The molecule has 0 amide bonds. The predicted octanol–water partition coefficient (Wildman–Crippen LogP) is 5.57. The Kier molecular flexibility index (Phi) is 13.7. The SMILES string of the molecule is CC.CC.CN=C(/C(=N\OC)c1ccccc1COc1ccccc1C)N(C)C. The first-order valence-corrected chi connectivity index (χ1v) is 10.1. The van der Waals surface area contributed by atoms with Gasteiger partial charge in [-0.15, -0.1) is 0 Å². The quantitative estimate of drug-likeness (QED) is 0.362. The van der Waals surface area contributed by atoms with E-state index < -0.39 is 0 Å². The second-order valence-electron chi connectivity index (χ2n) is 5.78. The van der Waals surface area contributed by atoms with E-state index in [2.05, 4.69) is 10.1 Å². The van der Waals surface area contributed by atoms with Crippen LogP contribution in [0.15, 0.2) is 58.7 Å². The number of rotatable bonds is 6. The van der Waals surface area contributed by atoms with Crippen LogP contribution in [-0.4, -0.2) is 44.7 Å². The van der Waals surface area contributed by atoms with Crippen LogP contribution in [0.3, 0.4) is 0 Å². The molecule has 0 atom stereocenters. The second kappa shape index (κ2) is 15.1. The molecule has 2 aromatic rings. The van der Waals surface area contributed by atoms with Crippen LogP contribution in [0, 0.1) is 6.92 Å². The summed E-state index contributed by atoms with van der Waals surface area (Å²) in [7, 11) is 7.14. The van der Waals surface area contributed by atoms with E-state index in [0.717, 1.165) is 28.3 Å². The Labute approximate surface area is 177 Å². The number of para-hydroxylation sites is 1. The molecule has 5 nitrogen and oxygen atoms in total. The van der Waals surface area contributed by atoms with E-state index in [0.29, 0.717) is 12.3 Å². The van der Waals surface area contributed by atoms with Crippen LogP contribution in [0.1, 0.15) is 44.4 Å². The van der Waals surface area contributed by atoms with E-state index in [-0.39, 0.29) is 0 Å². The van der Waals surface area contributed by atoms with Crippen molar-refractivity contribution in [3.8, 4) is 5.75 Å². The minimum absolute atomic E-state index is 0.439. The number of aliphatic imine (C=N–C) groups is 1.